The molecule has 8 heteroatoms. The van der Waals surface area contributed by atoms with E-state index in [-0.39, 0.29) is 11.3 Å². The number of carbonyl (C=O) groups is 2. The van der Waals surface area contributed by atoms with Crippen molar-refractivity contribution >= 4 is 11.7 Å². The molecular formula is C25H32N2O6. The number of ether oxygens (including phenoxy) is 2. The van der Waals surface area contributed by atoms with Crippen LogP contribution < -0.4 is 9.47 Å². The van der Waals surface area contributed by atoms with E-state index < -0.39 is 23.5 Å². The van der Waals surface area contributed by atoms with Gasteiger partial charge in [0.1, 0.15) is 0 Å². The molecule has 8 nitrogen and oxygen atoms in total. The van der Waals surface area contributed by atoms with Crippen molar-refractivity contribution in [2.45, 2.75) is 26.3 Å². The molecule has 33 heavy (non-hydrogen) atoms. The Morgan fingerprint density at radius 1 is 1.24 bits per heavy atom. The lowest BCUT2D eigenvalue weighted by atomic mass is 9.94. The van der Waals surface area contributed by atoms with E-state index in [1.165, 1.54) is 17.2 Å². The van der Waals surface area contributed by atoms with Crippen molar-refractivity contribution in [2.75, 3.05) is 40.9 Å². The predicted octanol–water partition coefficient (Wildman–Crippen LogP) is 3.85. The lowest BCUT2D eigenvalue weighted by molar-refractivity contribution is -0.129. The van der Waals surface area contributed by atoms with Crippen LogP contribution in [0.15, 0.2) is 52.3 Å². The molecule has 0 aliphatic carbocycles. The zero-order valence-electron chi connectivity index (χ0n) is 19.8. The molecule has 1 aliphatic rings. The second-order valence-corrected chi connectivity index (χ2v) is 8.71. The van der Waals surface area contributed by atoms with Crippen molar-refractivity contribution in [3.63, 3.8) is 0 Å². The molecule has 1 aromatic carbocycles. The number of Topliss-reactive ketones (excluding diaryl/α,β-unsaturated/α-hetero) is 1. The predicted molar refractivity (Wildman–Crippen MR) is 124 cm³/mol. The van der Waals surface area contributed by atoms with Crippen LogP contribution in [0.2, 0.25) is 0 Å². The van der Waals surface area contributed by atoms with E-state index >= 15 is 0 Å². The summed E-state index contributed by atoms with van der Waals surface area (Å²) in [5.74, 6) is -0.0350. The standard InChI is InChI=1S/C25H32N2O6/c1-16(2)10-14-33-18-9-8-17(15-20(18)31-5)22-21(23(28)19-7-6-13-32-19)24(29)25(30)27(22)12-11-26(3)4/h6-9,13,15-16,22,29H,10-12,14H2,1-5H3. The topological polar surface area (TPSA) is 92.5 Å². The van der Waals surface area contributed by atoms with E-state index in [1.807, 2.05) is 19.0 Å². The summed E-state index contributed by atoms with van der Waals surface area (Å²) < 4.78 is 16.7. The van der Waals surface area contributed by atoms with E-state index in [2.05, 4.69) is 13.8 Å². The minimum absolute atomic E-state index is 0.00997. The van der Waals surface area contributed by atoms with Gasteiger partial charge in [0.2, 0.25) is 5.78 Å². The third kappa shape index (κ3) is 5.39. The van der Waals surface area contributed by atoms with Crippen molar-refractivity contribution < 1.29 is 28.6 Å². The number of furan rings is 1. The summed E-state index contributed by atoms with van der Waals surface area (Å²) in [5.41, 5.74) is 0.623. The van der Waals surface area contributed by atoms with Gasteiger partial charge in [-0.05, 0) is 56.3 Å². The van der Waals surface area contributed by atoms with Crippen LogP contribution in [0.4, 0.5) is 0 Å². The lowest BCUT2D eigenvalue weighted by Gasteiger charge is -2.28. The highest BCUT2D eigenvalue weighted by Crippen LogP contribution is 2.41. The average Bonchev–Trinajstić information content (AvgIpc) is 3.39. The second kappa shape index (κ2) is 10.6. The largest absolute Gasteiger partial charge is 0.503 e. The van der Waals surface area contributed by atoms with Crippen LogP contribution in [0.5, 0.6) is 11.5 Å². The summed E-state index contributed by atoms with van der Waals surface area (Å²) in [6, 6.07) is 7.63. The zero-order valence-corrected chi connectivity index (χ0v) is 19.8. The number of aliphatic hydroxyl groups excluding tert-OH is 1. The fraction of sp³-hybridized carbons (Fsp3) is 0.440. The maximum Gasteiger partial charge on any atom is 0.290 e. The van der Waals surface area contributed by atoms with Crippen molar-refractivity contribution in [2.24, 2.45) is 5.92 Å². The van der Waals surface area contributed by atoms with Crippen LogP contribution >= 0.6 is 0 Å². The summed E-state index contributed by atoms with van der Waals surface area (Å²) in [6.45, 7) is 5.68. The highest BCUT2D eigenvalue weighted by atomic mass is 16.5. The molecule has 1 aliphatic heterocycles. The average molecular weight is 457 g/mol. The van der Waals surface area contributed by atoms with E-state index in [0.717, 1.165) is 6.42 Å². The molecule has 2 heterocycles. The quantitative estimate of drug-likeness (QED) is 0.514. The molecule has 1 unspecified atom stereocenters. The number of benzene rings is 1. The fourth-order valence-corrected chi connectivity index (χ4v) is 3.69. The van der Waals surface area contributed by atoms with Gasteiger partial charge in [-0.1, -0.05) is 19.9 Å². The molecule has 0 spiro atoms. The van der Waals surface area contributed by atoms with Gasteiger partial charge in [-0.25, -0.2) is 0 Å². The van der Waals surface area contributed by atoms with Gasteiger partial charge in [-0.15, -0.1) is 0 Å². The number of hydrogen-bond donors (Lipinski definition) is 1. The van der Waals surface area contributed by atoms with E-state index in [0.29, 0.717) is 42.7 Å². The number of nitrogens with zero attached hydrogens (tertiary/aromatic N) is 2. The van der Waals surface area contributed by atoms with E-state index in [4.69, 9.17) is 13.9 Å². The van der Waals surface area contributed by atoms with Crippen LogP contribution in [0.3, 0.4) is 0 Å². The molecule has 1 amide bonds. The number of aliphatic hydroxyl groups is 1. The summed E-state index contributed by atoms with van der Waals surface area (Å²) >= 11 is 0. The SMILES string of the molecule is COc1cc(C2C(C(=O)c3ccco3)=C(O)C(=O)N2CCN(C)C)ccc1OCCC(C)C. The second-order valence-electron chi connectivity index (χ2n) is 8.71. The number of rotatable bonds is 11. The maximum absolute atomic E-state index is 13.2. The van der Waals surface area contributed by atoms with Gasteiger partial charge in [0.05, 0.1) is 31.6 Å². The Labute approximate surface area is 194 Å². The van der Waals surface area contributed by atoms with E-state index in [1.54, 1.807) is 31.4 Å². The molecule has 3 rings (SSSR count). The van der Waals surface area contributed by atoms with E-state index in [9.17, 15) is 14.7 Å². The molecule has 0 saturated carbocycles. The Hall–Kier alpha value is -3.26. The van der Waals surface area contributed by atoms with Gasteiger partial charge in [-0.3, -0.25) is 9.59 Å². The van der Waals surface area contributed by atoms with Gasteiger partial charge < -0.3 is 28.8 Å². The molecule has 0 radical (unpaired) electrons. The Bertz CT molecular complexity index is 1010. The first-order valence-corrected chi connectivity index (χ1v) is 11.0. The smallest absolute Gasteiger partial charge is 0.290 e. The minimum Gasteiger partial charge on any atom is -0.503 e. The van der Waals surface area contributed by atoms with Crippen LogP contribution in [-0.4, -0.2) is 67.5 Å². The Balaban J connectivity index is 2.00. The number of ketones is 1. The van der Waals surface area contributed by atoms with Crippen LogP contribution in [0.1, 0.15) is 42.4 Å². The highest BCUT2D eigenvalue weighted by molar-refractivity contribution is 6.15. The summed E-state index contributed by atoms with van der Waals surface area (Å²) in [5, 5.41) is 10.7. The maximum atomic E-state index is 13.2. The summed E-state index contributed by atoms with van der Waals surface area (Å²) in [6.07, 6.45) is 2.28. The third-order valence-electron chi connectivity index (χ3n) is 5.54. The van der Waals surface area contributed by atoms with Crippen LogP contribution in [-0.2, 0) is 4.79 Å². The molecule has 0 fully saturated rings. The first-order chi connectivity index (χ1) is 15.7. The van der Waals surface area contributed by atoms with Crippen molar-refractivity contribution in [3.05, 3.63) is 59.3 Å². The third-order valence-corrected chi connectivity index (χ3v) is 5.54. The molecule has 2 aromatic rings. The molecule has 0 bridgehead atoms. The first kappa shape index (κ1) is 24.4. The molecule has 1 N–H and O–H groups in total. The van der Waals surface area contributed by atoms with Gasteiger partial charge in [0.15, 0.2) is 23.0 Å². The normalized spacial score (nSPS) is 16.3. The molecule has 178 valence electrons. The van der Waals surface area contributed by atoms with Gasteiger partial charge in [-0.2, -0.15) is 0 Å². The summed E-state index contributed by atoms with van der Waals surface area (Å²) in [4.78, 5) is 29.6. The Kier molecular flexibility index (Phi) is 7.81. The molecule has 1 aromatic heterocycles. The monoisotopic (exact) mass is 456 g/mol. The zero-order chi connectivity index (χ0) is 24.1. The fourth-order valence-electron chi connectivity index (χ4n) is 3.69. The number of methoxy groups -OCH3 is 1. The molecular weight excluding hydrogens is 424 g/mol. The number of likely N-dealkylation sites (N-methyl/N-ethyl adjacent to an activating group) is 1. The summed E-state index contributed by atoms with van der Waals surface area (Å²) in [7, 11) is 5.33. The van der Waals surface area contributed by atoms with Crippen molar-refractivity contribution in [1.82, 2.24) is 9.80 Å². The lowest BCUT2D eigenvalue weighted by Crippen LogP contribution is -2.36. The first-order valence-electron chi connectivity index (χ1n) is 11.0. The van der Waals surface area contributed by atoms with Crippen molar-refractivity contribution in [3.8, 4) is 11.5 Å². The number of hydrogen-bond acceptors (Lipinski definition) is 7. The number of carbonyl (C=O) groups excluding carboxylic acids is 2. The molecule has 1 atom stereocenters. The molecule has 0 saturated heterocycles. The number of amides is 1. The highest BCUT2D eigenvalue weighted by Gasteiger charge is 2.44. The minimum atomic E-state index is -0.784. The van der Waals surface area contributed by atoms with Crippen molar-refractivity contribution in [1.29, 1.82) is 0 Å². The van der Waals surface area contributed by atoms with Gasteiger partial charge in [0, 0.05) is 13.1 Å². The van der Waals surface area contributed by atoms with Gasteiger partial charge >= 0.3 is 0 Å². The van der Waals surface area contributed by atoms with Crippen LogP contribution in [0, 0.1) is 5.92 Å². The van der Waals surface area contributed by atoms with Crippen LogP contribution in [0.25, 0.3) is 0 Å². The Morgan fingerprint density at radius 2 is 2.00 bits per heavy atom. The van der Waals surface area contributed by atoms with Gasteiger partial charge in [0.25, 0.3) is 5.91 Å². The Morgan fingerprint density at radius 3 is 2.61 bits per heavy atom.